The molecule has 0 saturated carbocycles. The Hall–Kier alpha value is -3.67. The number of aromatic nitrogens is 2. The minimum absolute atomic E-state index is 0.251. The van der Waals surface area contributed by atoms with Gasteiger partial charge in [0, 0.05) is 23.2 Å². The van der Waals surface area contributed by atoms with Crippen LogP contribution in [-0.2, 0) is 0 Å². The molecular weight excluding hydrogens is 326 g/mol. The first-order chi connectivity index (χ1) is 12.6. The molecule has 26 heavy (non-hydrogen) atoms. The molecule has 0 bridgehead atoms. The highest BCUT2D eigenvalue weighted by atomic mass is 16.1. The highest BCUT2D eigenvalue weighted by Gasteiger charge is 2.18. The number of pyridine rings is 1. The van der Waals surface area contributed by atoms with Crippen LogP contribution in [0.2, 0.25) is 0 Å². The van der Waals surface area contributed by atoms with Gasteiger partial charge in [0.05, 0.1) is 22.3 Å². The third-order valence-electron chi connectivity index (χ3n) is 4.38. The van der Waals surface area contributed by atoms with Crippen molar-refractivity contribution >= 4 is 33.7 Å². The lowest BCUT2D eigenvalue weighted by Gasteiger charge is -2.09. The van der Waals surface area contributed by atoms with Gasteiger partial charge in [-0.3, -0.25) is 9.78 Å². The number of aryl methyl sites for hydroxylation is 1. The number of amides is 1. The van der Waals surface area contributed by atoms with Crippen molar-refractivity contribution in [2.45, 2.75) is 6.92 Å². The average Bonchev–Trinajstić information content (AvgIpc) is 3.02. The molecule has 4 N–H and O–H groups in total. The third-order valence-corrected chi connectivity index (χ3v) is 4.38. The maximum atomic E-state index is 12.6. The molecule has 1 amide bonds. The molecule has 4 rings (SSSR count). The molecule has 0 aliphatic heterocycles. The number of nitrogens with two attached hydrogens (primary N) is 2. The second-order valence-electron chi connectivity index (χ2n) is 6.07. The van der Waals surface area contributed by atoms with Crippen LogP contribution in [0.4, 0.5) is 0 Å². The average molecular weight is 343 g/mol. The number of aliphatic imine (C=N–C) groups is 1. The number of hydrogen-bond donors (Lipinski definition) is 2. The summed E-state index contributed by atoms with van der Waals surface area (Å²) in [6, 6.07) is 15.7. The summed E-state index contributed by atoms with van der Waals surface area (Å²) in [6.07, 6.45) is 3.55. The Bertz CT molecular complexity index is 1180. The first-order valence-electron chi connectivity index (χ1n) is 8.15. The molecule has 2 aromatic carbocycles. The Labute approximate surface area is 149 Å². The minimum atomic E-state index is -0.457. The summed E-state index contributed by atoms with van der Waals surface area (Å²) < 4.78 is 1.99. The van der Waals surface area contributed by atoms with E-state index in [-0.39, 0.29) is 5.96 Å². The van der Waals surface area contributed by atoms with Crippen LogP contribution in [0.3, 0.4) is 0 Å². The van der Waals surface area contributed by atoms with Crippen molar-refractivity contribution in [2.75, 3.05) is 0 Å². The molecular formula is C20H17N5O. The Morgan fingerprint density at radius 2 is 1.88 bits per heavy atom. The van der Waals surface area contributed by atoms with Gasteiger partial charge in [-0.2, -0.15) is 4.99 Å². The van der Waals surface area contributed by atoms with Crippen LogP contribution < -0.4 is 11.5 Å². The second-order valence-corrected chi connectivity index (χ2v) is 6.07. The van der Waals surface area contributed by atoms with Gasteiger partial charge >= 0.3 is 0 Å². The standard InChI is InChI=1S/C20H17N5O/c1-12-5-4-8-17-18(12)14(19(26)24-20(21)22)11-25(17)16-9-10-23-15-7-3-2-6-13(15)16/h2-11H,1H3,(H4,21,22,24,26). The van der Waals surface area contributed by atoms with Crippen molar-refractivity contribution < 1.29 is 4.79 Å². The number of benzene rings is 2. The van der Waals surface area contributed by atoms with Crippen LogP contribution in [0, 0.1) is 6.92 Å². The number of carbonyl (C=O) groups is 1. The van der Waals surface area contributed by atoms with Gasteiger partial charge in [-0.25, -0.2) is 0 Å². The quantitative estimate of drug-likeness (QED) is 0.432. The molecule has 0 radical (unpaired) electrons. The summed E-state index contributed by atoms with van der Waals surface area (Å²) in [5.41, 5.74) is 15.0. The van der Waals surface area contributed by atoms with Gasteiger partial charge in [0.15, 0.2) is 5.96 Å². The minimum Gasteiger partial charge on any atom is -0.370 e. The molecule has 128 valence electrons. The molecule has 0 aliphatic carbocycles. The van der Waals surface area contributed by atoms with Crippen LogP contribution in [0.25, 0.3) is 27.5 Å². The Morgan fingerprint density at radius 3 is 2.69 bits per heavy atom. The largest absolute Gasteiger partial charge is 0.370 e. The SMILES string of the molecule is Cc1cccc2c1c(C(=O)N=C(N)N)cn2-c1ccnc2ccccc12. The van der Waals surface area contributed by atoms with Gasteiger partial charge < -0.3 is 16.0 Å². The lowest BCUT2D eigenvalue weighted by Crippen LogP contribution is -2.24. The van der Waals surface area contributed by atoms with Crippen molar-refractivity contribution in [3.05, 3.63) is 72.1 Å². The number of rotatable bonds is 2. The molecule has 0 unspecified atom stereocenters. The van der Waals surface area contributed by atoms with E-state index in [1.54, 1.807) is 12.4 Å². The monoisotopic (exact) mass is 343 g/mol. The van der Waals surface area contributed by atoms with E-state index in [1.165, 1.54) is 0 Å². The lowest BCUT2D eigenvalue weighted by atomic mass is 10.1. The van der Waals surface area contributed by atoms with E-state index in [1.807, 2.05) is 60.0 Å². The Balaban J connectivity index is 2.07. The molecule has 4 aromatic rings. The molecule has 6 nitrogen and oxygen atoms in total. The fourth-order valence-corrected chi connectivity index (χ4v) is 3.30. The van der Waals surface area contributed by atoms with Crippen molar-refractivity contribution in [3.63, 3.8) is 0 Å². The molecule has 0 aliphatic rings. The van der Waals surface area contributed by atoms with Crippen LogP contribution >= 0.6 is 0 Å². The molecule has 2 heterocycles. The van der Waals surface area contributed by atoms with Gasteiger partial charge in [0.2, 0.25) is 0 Å². The van der Waals surface area contributed by atoms with Crippen LogP contribution in [0.1, 0.15) is 15.9 Å². The zero-order chi connectivity index (χ0) is 18.3. The van der Waals surface area contributed by atoms with Crippen LogP contribution in [-0.4, -0.2) is 21.4 Å². The number of nitrogens with zero attached hydrogens (tertiary/aromatic N) is 3. The molecule has 0 saturated heterocycles. The van der Waals surface area contributed by atoms with E-state index in [0.717, 1.165) is 33.1 Å². The number of para-hydroxylation sites is 1. The van der Waals surface area contributed by atoms with Crippen molar-refractivity contribution in [2.24, 2.45) is 16.5 Å². The summed E-state index contributed by atoms with van der Waals surface area (Å²) >= 11 is 0. The maximum absolute atomic E-state index is 12.6. The maximum Gasteiger partial charge on any atom is 0.282 e. The van der Waals surface area contributed by atoms with Gasteiger partial charge in [-0.05, 0) is 30.7 Å². The second kappa shape index (κ2) is 6.00. The van der Waals surface area contributed by atoms with Crippen LogP contribution in [0.5, 0.6) is 0 Å². The van der Waals surface area contributed by atoms with E-state index in [2.05, 4.69) is 9.98 Å². The topological polar surface area (TPSA) is 99.3 Å². The normalized spacial score (nSPS) is 11.0. The summed E-state index contributed by atoms with van der Waals surface area (Å²) in [7, 11) is 0. The van der Waals surface area contributed by atoms with E-state index < -0.39 is 5.91 Å². The predicted molar refractivity (Wildman–Crippen MR) is 103 cm³/mol. The smallest absolute Gasteiger partial charge is 0.282 e. The summed E-state index contributed by atoms with van der Waals surface area (Å²) in [4.78, 5) is 20.7. The number of guanidine groups is 1. The highest BCUT2D eigenvalue weighted by molar-refractivity contribution is 6.12. The van der Waals surface area contributed by atoms with Gasteiger partial charge in [-0.15, -0.1) is 0 Å². The first kappa shape index (κ1) is 15.8. The summed E-state index contributed by atoms with van der Waals surface area (Å²) in [5.74, 6) is -0.708. The van der Waals surface area contributed by atoms with E-state index in [0.29, 0.717) is 5.56 Å². The third kappa shape index (κ3) is 2.48. The van der Waals surface area contributed by atoms with Crippen molar-refractivity contribution in [1.82, 2.24) is 9.55 Å². The van der Waals surface area contributed by atoms with Crippen molar-refractivity contribution in [1.29, 1.82) is 0 Å². The molecule has 2 aromatic heterocycles. The summed E-state index contributed by atoms with van der Waals surface area (Å²) in [6.45, 7) is 1.96. The van der Waals surface area contributed by atoms with E-state index >= 15 is 0 Å². The molecule has 6 heteroatoms. The highest BCUT2D eigenvalue weighted by Crippen LogP contribution is 2.30. The predicted octanol–water partition coefficient (Wildman–Crippen LogP) is 2.90. The fraction of sp³-hybridized carbons (Fsp3) is 0.0500. The zero-order valence-corrected chi connectivity index (χ0v) is 14.2. The number of carbonyl (C=O) groups excluding carboxylic acids is 1. The Morgan fingerprint density at radius 1 is 1.08 bits per heavy atom. The summed E-state index contributed by atoms with van der Waals surface area (Å²) in [5, 5.41) is 1.83. The van der Waals surface area contributed by atoms with Gasteiger partial charge in [-0.1, -0.05) is 30.3 Å². The van der Waals surface area contributed by atoms with E-state index in [9.17, 15) is 4.79 Å². The molecule has 0 fully saturated rings. The fourth-order valence-electron chi connectivity index (χ4n) is 3.30. The van der Waals surface area contributed by atoms with Crippen LogP contribution in [0.15, 0.2) is 65.9 Å². The molecule has 0 spiro atoms. The zero-order valence-electron chi connectivity index (χ0n) is 14.2. The van der Waals surface area contributed by atoms with Crippen molar-refractivity contribution in [3.8, 4) is 5.69 Å². The number of fused-ring (bicyclic) bond motifs is 2. The molecule has 0 atom stereocenters. The first-order valence-corrected chi connectivity index (χ1v) is 8.15. The van der Waals surface area contributed by atoms with Gasteiger partial charge in [0.1, 0.15) is 0 Å². The van der Waals surface area contributed by atoms with E-state index in [4.69, 9.17) is 11.5 Å². The Kier molecular flexibility index (Phi) is 3.65. The number of hydrogen-bond acceptors (Lipinski definition) is 2. The van der Waals surface area contributed by atoms with Gasteiger partial charge in [0.25, 0.3) is 5.91 Å². The lowest BCUT2D eigenvalue weighted by molar-refractivity contribution is 0.100.